The smallest absolute Gasteiger partial charge is 0.330 e. The molecule has 2 nitrogen and oxygen atoms in total. The molecule has 0 N–H and O–H groups in total. The van der Waals surface area contributed by atoms with Crippen molar-refractivity contribution in [1.82, 2.24) is 0 Å². The standard InChI is InChI=1S/C10H20O2Si/c1-5-10(11)12-8-7-9-13(3,4)6-2/h5H,1,6-9H2,2-4H3. The monoisotopic (exact) mass is 200 g/mol. The van der Waals surface area contributed by atoms with E-state index in [4.69, 9.17) is 4.74 Å². The Morgan fingerprint density at radius 1 is 1.54 bits per heavy atom. The van der Waals surface area contributed by atoms with Gasteiger partial charge in [0.05, 0.1) is 6.61 Å². The summed E-state index contributed by atoms with van der Waals surface area (Å²) in [5.41, 5.74) is 0. The highest BCUT2D eigenvalue weighted by atomic mass is 28.3. The average molecular weight is 200 g/mol. The predicted octanol–water partition coefficient (Wildman–Crippen LogP) is 2.83. The van der Waals surface area contributed by atoms with Gasteiger partial charge >= 0.3 is 5.97 Å². The molecule has 0 heterocycles. The van der Waals surface area contributed by atoms with E-state index in [-0.39, 0.29) is 5.97 Å². The normalized spacial score (nSPS) is 11.0. The fourth-order valence-electron chi connectivity index (χ4n) is 0.959. The van der Waals surface area contributed by atoms with Gasteiger partial charge in [-0.2, -0.15) is 0 Å². The molecule has 0 fully saturated rings. The van der Waals surface area contributed by atoms with Crippen molar-refractivity contribution in [1.29, 1.82) is 0 Å². The molecule has 0 aliphatic carbocycles. The van der Waals surface area contributed by atoms with E-state index >= 15 is 0 Å². The van der Waals surface area contributed by atoms with Crippen molar-refractivity contribution in [2.24, 2.45) is 0 Å². The van der Waals surface area contributed by atoms with Crippen LogP contribution < -0.4 is 0 Å². The third-order valence-corrected chi connectivity index (χ3v) is 5.99. The summed E-state index contributed by atoms with van der Waals surface area (Å²) >= 11 is 0. The molecule has 0 amide bonds. The Labute approximate surface area is 82.0 Å². The third kappa shape index (κ3) is 6.58. The van der Waals surface area contributed by atoms with Crippen LogP contribution in [0.15, 0.2) is 12.7 Å². The molecule has 0 aliphatic rings. The first-order valence-electron chi connectivity index (χ1n) is 4.81. The summed E-state index contributed by atoms with van der Waals surface area (Å²) in [6, 6.07) is 2.52. The van der Waals surface area contributed by atoms with Crippen molar-refractivity contribution < 1.29 is 9.53 Å². The van der Waals surface area contributed by atoms with E-state index in [9.17, 15) is 4.79 Å². The highest BCUT2D eigenvalue weighted by molar-refractivity contribution is 6.77. The van der Waals surface area contributed by atoms with Gasteiger partial charge in [-0.3, -0.25) is 0 Å². The second-order valence-electron chi connectivity index (χ2n) is 3.99. The van der Waals surface area contributed by atoms with Crippen LogP contribution in [0.1, 0.15) is 13.3 Å². The van der Waals surface area contributed by atoms with Crippen LogP contribution in [-0.4, -0.2) is 20.7 Å². The molecular formula is C10H20O2Si. The predicted molar refractivity (Wildman–Crippen MR) is 58.5 cm³/mol. The van der Waals surface area contributed by atoms with Gasteiger partial charge in [0.25, 0.3) is 0 Å². The second-order valence-corrected chi connectivity index (χ2v) is 9.53. The van der Waals surface area contributed by atoms with Crippen molar-refractivity contribution in [3.05, 3.63) is 12.7 Å². The number of esters is 1. The van der Waals surface area contributed by atoms with E-state index in [0.29, 0.717) is 6.61 Å². The Morgan fingerprint density at radius 2 is 2.15 bits per heavy atom. The van der Waals surface area contributed by atoms with Crippen molar-refractivity contribution in [3.63, 3.8) is 0 Å². The largest absolute Gasteiger partial charge is 0.463 e. The number of hydrogen-bond acceptors (Lipinski definition) is 2. The first kappa shape index (κ1) is 12.4. The van der Waals surface area contributed by atoms with Gasteiger partial charge in [0.2, 0.25) is 0 Å². The summed E-state index contributed by atoms with van der Waals surface area (Å²) in [5.74, 6) is -0.309. The van der Waals surface area contributed by atoms with Gasteiger partial charge in [-0.1, -0.05) is 38.7 Å². The topological polar surface area (TPSA) is 26.3 Å². The van der Waals surface area contributed by atoms with Crippen molar-refractivity contribution in [2.45, 2.75) is 38.5 Å². The highest BCUT2D eigenvalue weighted by Crippen LogP contribution is 2.16. The Balaban J connectivity index is 3.46. The van der Waals surface area contributed by atoms with Gasteiger partial charge in [0.1, 0.15) is 0 Å². The van der Waals surface area contributed by atoms with Gasteiger partial charge in [-0.05, 0) is 6.42 Å². The van der Waals surface area contributed by atoms with Crippen LogP contribution in [0.25, 0.3) is 0 Å². The maximum atomic E-state index is 10.7. The molecule has 0 aromatic carbocycles. The van der Waals surface area contributed by atoms with Crippen LogP contribution in [0.4, 0.5) is 0 Å². The summed E-state index contributed by atoms with van der Waals surface area (Å²) in [6.07, 6.45) is 2.20. The molecule has 76 valence electrons. The van der Waals surface area contributed by atoms with Gasteiger partial charge in [-0.25, -0.2) is 4.79 Å². The van der Waals surface area contributed by atoms with Crippen LogP contribution in [-0.2, 0) is 9.53 Å². The van der Waals surface area contributed by atoms with Crippen LogP contribution in [0, 0.1) is 0 Å². The Kier molecular flexibility index (Phi) is 5.71. The molecule has 0 bridgehead atoms. The van der Waals surface area contributed by atoms with Crippen LogP contribution in [0.3, 0.4) is 0 Å². The summed E-state index contributed by atoms with van der Waals surface area (Å²) in [6.45, 7) is 10.8. The molecule has 0 unspecified atom stereocenters. The van der Waals surface area contributed by atoms with E-state index in [0.717, 1.165) is 6.42 Å². The molecular weight excluding hydrogens is 180 g/mol. The molecule has 0 aromatic heterocycles. The van der Waals surface area contributed by atoms with Gasteiger partial charge in [0.15, 0.2) is 0 Å². The molecule has 3 heteroatoms. The SMILES string of the molecule is C=CC(=O)OCCC[Si](C)(C)CC. The second kappa shape index (κ2) is 5.97. The summed E-state index contributed by atoms with van der Waals surface area (Å²) in [7, 11) is -0.977. The quantitative estimate of drug-likeness (QED) is 0.285. The highest BCUT2D eigenvalue weighted by Gasteiger charge is 2.16. The van der Waals surface area contributed by atoms with Gasteiger partial charge in [-0.15, -0.1) is 0 Å². The lowest BCUT2D eigenvalue weighted by Crippen LogP contribution is -2.23. The molecule has 0 radical (unpaired) electrons. The number of rotatable bonds is 6. The summed E-state index contributed by atoms with van der Waals surface area (Å²) in [4.78, 5) is 10.7. The minimum absolute atomic E-state index is 0.309. The van der Waals surface area contributed by atoms with E-state index in [2.05, 4.69) is 26.6 Å². The van der Waals surface area contributed by atoms with Crippen molar-refractivity contribution >= 4 is 14.0 Å². The Morgan fingerprint density at radius 3 is 2.62 bits per heavy atom. The van der Waals surface area contributed by atoms with Crippen LogP contribution in [0.5, 0.6) is 0 Å². The zero-order valence-corrected chi connectivity index (χ0v) is 9.93. The van der Waals surface area contributed by atoms with Gasteiger partial charge < -0.3 is 4.74 Å². The van der Waals surface area contributed by atoms with E-state index in [1.165, 1.54) is 18.2 Å². The fraction of sp³-hybridized carbons (Fsp3) is 0.700. The number of hydrogen-bond donors (Lipinski definition) is 0. The van der Waals surface area contributed by atoms with Crippen LogP contribution in [0.2, 0.25) is 25.2 Å². The average Bonchev–Trinajstić information content (AvgIpc) is 2.12. The lowest BCUT2D eigenvalue weighted by atomic mass is 10.5. The maximum absolute atomic E-state index is 10.7. The maximum Gasteiger partial charge on any atom is 0.330 e. The molecule has 13 heavy (non-hydrogen) atoms. The first-order valence-corrected chi connectivity index (χ1v) is 8.22. The Bertz CT molecular complexity index is 176. The van der Waals surface area contributed by atoms with Crippen molar-refractivity contribution in [3.8, 4) is 0 Å². The van der Waals surface area contributed by atoms with Crippen molar-refractivity contribution in [2.75, 3.05) is 6.61 Å². The number of carbonyl (C=O) groups excluding carboxylic acids is 1. The first-order chi connectivity index (χ1) is 6.02. The Hall–Kier alpha value is -0.573. The number of ether oxygens (including phenoxy) is 1. The molecule has 0 spiro atoms. The van der Waals surface area contributed by atoms with Gasteiger partial charge in [0, 0.05) is 14.1 Å². The minimum atomic E-state index is -0.977. The van der Waals surface area contributed by atoms with E-state index in [1.807, 2.05) is 0 Å². The van der Waals surface area contributed by atoms with E-state index < -0.39 is 8.07 Å². The lowest BCUT2D eigenvalue weighted by molar-refractivity contribution is -0.137. The van der Waals surface area contributed by atoms with Crippen LogP contribution >= 0.6 is 0 Å². The molecule has 0 saturated heterocycles. The zero-order chi connectivity index (χ0) is 10.3. The molecule has 0 rings (SSSR count). The fourth-order valence-corrected chi connectivity index (χ4v) is 2.41. The summed E-state index contributed by atoms with van der Waals surface area (Å²) in [5, 5.41) is 0. The number of carbonyl (C=O) groups is 1. The molecule has 0 saturated carbocycles. The molecule has 0 aliphatic heterocycles. The molecule has 0 aromatic rings. The third-order valence-electron chi connectivity index (χ3n) is 2.37. The minimum Gasteiger partial charge on any atom is -0.463 e. The lowest BCUT2D eigenvalue weighted by Gasteiger charge is -2.19. The summed E-state index contributed by atoms with van der Waals surface area (Å²) < 4.78 is 4.90. The zero-order valence-electron chi connectivity index (χ0n) is 8.93. The van der Waals surface area contributed by atoms with E-state index in [1.54, 1.807) is 0 Å². The molecule has 0 atom stereocenters.